The fourth-order valence-corrected chi connectivity index (χ4v) is 3.63. The molecule has 0 fully saturated rings. The van der Waals surface area contributed by atoms with Gasteiger partial charge in [-0.1, -0.05) is 44.7 Å². The van der Waals surface area contributed by atoms with Crippen LogP contribution >= 0.6 is 0 Å². The molecule has 1 unspecified atom stereocenters. The van der Waals surface area contributed by atoms with Crippen molar-refractivity contribution in [3.63, 3.8) is 0 Å². The Morgan fingerprint density at radius 1 is 0.805 bits per heavy atom. The standard InChI is InChI=1S/C30H33F3N2O6/c1-3-5-6-7-8-17-39-25-18-34-27(35-19-25)21-9-11-22(12-10-21)28(36)40-24-15-13-23(14-16-24)29(37)41-26(20-38-4-2)30(31,32)33/h9-16,18-19,26H,3-8,17,20H2,1-2H3. The number of carbonyl (C=O) groups excluding carboxylic acids is 2. The Balaban J connectivity index is 1.52. The predicted molar refractivity (Wildman–Crippen MR) is 145 cm³/mol. The number of carbonyl (C=O) groups is 2. The molecule has 41 heavy (non-hydrogen) atoms. The summed E-state index contributed by atoms with van der Waals surface area (Å²) in [5, 5.41) is 0. The first-order chi connectivity index (χ1) is 19.7. The zero-order valence-corrected chi connectivity index (χ0v) is 23.0. The molecule has 11 heteroatoms. The third kappa shape index (κ3) is 10.2. The number of benzene rings is 2. The number of aromatic nitrogens is 2. The summed E-state index contributed by atoms with van der Waals surface area (Å²) in [6.45, 7) is 3.56. The predicted octanol–water partition coefficient (Wildman–Crippen LogP) is 6.84. The summed E-state index contributed by atoms with van der Waals surface area (Å²) in [7, 11) is 0. The van der Waals surface area contributed by atoms with Gasteiger partial charge in [-0.25, -0.2) is 19.6 Å². The molecule has 220 valence electrons. The maximum Gasteiger partial charge on any atom is 0.427 e. The molecule has 0 radical (unpaired) electrons. The topological polar surface area (TPSA) is 96.8 Å². The summed E-state index contributed by atoms with van der Waals surface area (Å²) in [5.74, 6) is -0.679. The van der Waals surface area contributed by atoms with Gasteiger partial charge in [0.15, 0.2) is 11.6 Å². The molecule has 1 heterocycles. The molecule has 0 aliphatic heterocycles. The highest BCUT2D eigenvalue weighted by Crippen LogP contribution is 2.25. The summed E-state index contributed by atoms with van der Waals surface area (Å²) in [6, 6.07) is 11.5. The molecular weight excluding hydrogens is 541 g/mol. The summed E-state index contributed by atoms with van der Waals surface area (Å²) in [5.41, 5.74) is 0.810. The molecule has 0 amide bonds. The SMILES string of the molecule is CCCCCCCOc1cnc(-c2ccc(C(=O)Oc3ccc(C(=O)OC(COCC)C(F)(F)F)cc3)cc2)nc1. The number of halogens is 3. The first-order valence-corrected chi connectivity index (χ1v) is 13.4. The van der Waals surface area contributed by atoms with Crippen LogP contribution in [0.1, 0.15) is 66.7 Å². The highest BCUT2D eigenvalue weighted by atomic mass is 19.4. The normalized spacial score (nSPS) is 12.0. The number of hydrogen-bond acceptors (Lipinski definition) is 8. The Morgan fingerprint density at radius 3 is 2.02 bits per heavy atom. The molecule has 1 atom stereocenters. The molecule has 0 N–H and O–H groups in total. The smallest absolute Gasteiger partial charge is 0.427 e. The monoisotopic (exact) mass is 574 g/mol. The molecule has 0 saturated heterocycles. The van der Waals surface area contributed by atoms with Gasteiger partial charge in [-0.05, 0) is 49.7 Å². The minimum atomic E-state index is -4.77. The van der Waals surface area contributed by atoms with Gasteiger partial charge < -0.3 is 18.9 Å². The molecule has 3 aromatic rings. The van der Waals surface area contributed by atoms with E-state index in [0.29, 0.717) is 23.7 Å². The molecule has 0 aliphatic carbocycles. The summed E-state index contributed by atoms with van der Waals surface area (Å²) in [4.78, 5) is 33.4. The van der Waals surface area contributed by atoms with Crippen molar-refractivity contribution in [2.75, 3.05) is 19.8 Å². The van der Waals surface area contributed by atoms with Crippen LogP contribution in [0.2, 0.25) is 0 Å². The highest BCUT2D eigenvalue weighted by molar-refractivity contribution is 5.92. The summed E-state index contributed by atoms with van der Waals surface area (Å²) < 4.78 is 59.6. The summed E-state index contributed by atoms with van der Waals surface area (Å²) >= 11 is 0. The van der Waals surface area contributed by atoms with Crippen LogP contribution in [0.5, 0.6) is 11.5 Å². The molecule has 0 saturated carbocycles. The maximum absolute atomic E-state index is 13.1. The molecule has 0 aliphatic rings. The van der Waals surface area contributed by atoms with E-state index >= 15 is 0 Å². The van der Waals surface area contributed by atoms with Crippen molar-refractivity contribution in [2.45, 2.75) is 58.2 Å². The van der Waals surface area contributed by atoms with Gasteiger partial charge in [0, 0.05) is 12.2 Å². The van der Waals surface area contributed by atoms with Gasteiger partial charge in [0.1, 0.15) is 5.75 Å². The van der Waals surface area contributed by atoms with Crippen LogP contribution in [-0.2, 0) is 9.47 Å². The minimum Gasteiger partial charge on any atom is -0.490 e. The van der Waals surface area contributed by atoms with Crippen molar-refractivity contribution in [1.82, 2.24) is 9.97 Å². The highest BCUT2D eigenvalue weighted by Gasteiger charge is 2.43. The van der Waals surface area contributed by atoms with Crippen LogP contribution in [0.25, 0.3) is 11.4 Å². The minimum absolute atomic E-state index is 0.0442. The van der Waals surface area contributed by atoms with Crippen LogP contribution in [-0.4, -0.2) is 54.0 Å². The third-order valence-corrected chi connectivity index (χ3v) is 5.91. The maximum atomic E-state index is 13.1. The number of rotatable bonds is 15. The molecule has 1 aromatic heterocycles. The van der Waals surface area contributed by atoms with E-state index in [1.54, 1.807) is 36.7 Å². The average molecular weight is 575 g/mol. The lowest BCUT2D eigenvalue weighted by Crippen LogP contribution is -2.37. The Bertz CT molecular complexity index is 1230. The van der Waals surface area contributed by atoms with Crippen molar-refractivity contribution in [1.29, 1.82) is 0 Å². The second-order valence-corrected chi connectivity index (χ2v) is 9.09. The van der Waals surface area contributed by atoms with Gasteiger partial charge in [0.05, 0.1) is 36.7 Å². The average Bonchev–Trinajstić information content (AvgIpc) is 2.97. The van der Waals surface area contributed by atoms with E-state index in [0.717, 1.165) is 12.8 Å². The van der Waals surface area contributed by atoms with E-state index in [1.165, 1.54) is 50.5 Å². The van der Waals surface area contributed by atoms with Gasteiger partial charge in [-0.15, -0.1) is 0 Å². The molecule has 2 aromatic carbocycles. The van der Waals surface area contributed by atoms with E-state index in [9.17, 15) is 22.8 Å². The fourth-order valence-electron chi connectivity index (χ4n) is 3.63. The quantitative estimate of drug-likeness (QED) is 0.111. The lowest BCUT2D eigenvalue weighted by molar-refractivity contribution is -0.217. The van der Waals surface area contributed by atoms with Crippen molar-refractivity contribution >= 4 is 11.9 Å². The number of alkyl halides is 3. The zero-order chi connectivity index (χ0) is 29.7. The van der Waals surface area contributed by atoms with E-state index in [1.807, 2.05) is 0 Å². The van der Waals surface area contributed by atoms with Gasteiger partial charge in [-0.2, -0.15) is 13.2 Å². The van der Waals surface area contributed by atoms with Crippen molar-refractivity contribution in [3.8, 4) is 22.9 Å². The van der Waals surface area contributed by atoms with Gasteiger partial charge in [0.2, 0.25) is 6.10 Å². The molecular formula is C30H33F3N2O6. The fraction of sp³-hybridized carbons (Fsp3) is 0.400. The second-order valence-electron chi connectivity index (χ2n) is 9.09. The first-order valence-electron chi connectivity index (χ1n) is 13.4. The lowest BCUT2D eigenvalue weighted by Gasteiger charge is -2.20. The van der Waals surface area contributed by atoms with Crippen LogP contribution in [0, 0.1) is 0 Å². The lowest BCUT2D eigenvalue weighted by atomic mass is 10.1. The number of nitrogens with zero attached hydrogens (tertiary/aromatic N) is 2. The first kappa shape index (κ1) is 31.5. The third-order valence-electron chi connectivity index (χ3n) is 5.91. The molecule has 3 rings (SSSR count). The Morgan fingerprint density at radius 2 is 1.41 bits per heavy atom. The van der Waals surface area contributed by atoms with Crippen LogP contribution in [0.3, 0.4) is 0 Å². The largest absolute Gasteiger partial charge is 0.490 e. The van der Waals surface area contributed by atoms with Crippen LogP contribution < -0.4 is 9.47 Å². The number of esters is 2. The Labute approximate surface area is 236 Å². The number of hydrogen-bond donors (Lipinski definition) is 0. The van der Waals surface area contributed by atoms with Gasteiger partial charge in [0.25, 0.3) is 0 Å². The zero-order valence-electron chi connectivity index (χ0n) is 23.0. The molecule has 0 bridgehead atoms. The van der Waals surface area contributed by atoms with E-state index in [-0.39, 0.29) is 23.5 Å². The number of ether oxygens (including phenoxy) is 4. The van der Waals surface area contributed by atoms with Crippen LogP contribution in [0.15, 0.2) is 60.9 Å². The van der Waals surface area contributed by atoms with Crippen molar-refractivity contribution in [3.05, 3.63) is 72.1 Å². The van der Waals surface area contributed by atoms with Crippen LogP contribution in [0.4, 0.5) is 13.2 Å². The Hall–Kier alpha value is -3.99. The molecule has 8 nitrogen and oxygen atoms in total. The van der Waals surface area contributed by atoms with Gasteiger partial charge in [-0.3, -0.25) is 0 Å². The van der Waals surface area contributed by atoms with E-state index in [2.05, 4.69) is 21.6 Å². The number of unbranched alkanes of at least 4 members (excludes halogenated alkanes) is 4. The Kier molecular flexibility index (Phi) is 12.1. The van der Waals surface area contributed by atoms with E-state index in [4.69, 9.17) is 14.2 Å². The van der Waals surface area contributed by atoms with Crippen molar-refractivity contribution in [2.24, 2.45) is 0 Å². The summed E-state index contributed by atoms with van der Waals surface area (Å²) in [6.07, 6.45) is 1.79. The molecule has 0 spiro atoms. The van der Waals surface area contributed by atoms with E-state index < -0.39 is 30.8 Å². The second kappa shape index (κ2) is 15.7. The van der Waals surface area contributed by atoms with Crippen molar-refractivity contribution < 1.29 is 41.7 Å². The van der Waals surface area contributed by atoms with Gasteiger partial charge >= 0.3 is 18.1 Å².